The Labute approximate surface area is 109 Å². The maximum Gasteiger partial charge on any atom is 0.127 e. The van der Waals surface area contributed by atoms with E-state index in [1.54, 1.807) is 23.5 Å². The predicted molar refractivity (Wildman–Crippen MR) is 71.2 cm³/mol. The van der Waals surface area contributed by atoms with Gasteiger partial charge in [-0.1, -0.05) is 23.7 Å². The summed E-state index contributed by atoms with van der Waals surface area (Å²) in [6, 6.07) is 8.81. The van der Waals surface area contributed by atoms with Gasteiger partial charge in [0, 0.05) is 22.4 Å². The number of nitrogens with two attached hydrogens (primary N) is 1. The van der Waals surface area contributed by atoms with Crippen LogP contribution >= 0.6 is 22.9 Å². The largest absolute Gasteiger partial charge is 0.330 e. The highest BCUT2D eigenvalue weighted by molar-refractivity contribution is 7.10. The quantitative estimate of drug-likeness (QED) is 0.897. The van der Waals surface area contributed by atoms with E-state index in [-0.39, 0.29) is 11.7 Å². The molecule has 0 aliphatic heterocycles. The van der Waals surface area contributed by atoms with Gasteiger partial charge in [-0.2, -0.15) is 0 Å². The highest BCUT2D eigenvalue weighted by atomic mass is 35.5. The van der Waals surface area contributed by atoms with Gasteiger partial charge in [0.1, 0.15) is 5.82 Å². The van der Waals surface area contributed by atoms with Crippen LogP contribution in [0.2, 0.25) is 5.02 Å². The summed E-state index contributed by atoms with van der Waals surface area (Å²) >= 11 is 7.38. The SMILES string of the molecule is NCC(Cc1ccc(Cl)cc1F)c1cccs1. The Morgan fingerprint density at radius 3 is 2.76 bits per heavy atom. The first kappa shape index (κ1) is 12.6. The Hall–Kier alpha value is -0.900. The summed E-state index contributed by atoms with van der Waals surface area (Å²) in [6.07, 6.45) is 0.611. The highest BCUT2D eigenvalue weighted by Gasteiger charge is 2.14. The van der Waals surface area contributed by atoms with Crippen molar-refractivity contribution in [2.24, 2.45) is 5.73 Å². The van der Waals surface area contributed by atoms with E-state index in [1.807, 2.05) is 17.5 Å². The molecule has 4 heteroatoms. The topological polar surface area (TPSA) is 26.0 Å². The summed E-state index contributed by atoms with van der Waals surface area (Å²) in [5, 5.41) is 2.43. The number of thiophene rings is 1. The van der Waals surface area contributed by atoms with Gasteiger partial charge >= 0.3 is 0 Å². The van der Waals surface area contributed by atoms with Crippen molar-refractivity contribution in [1.29, 1.82) is 0 Å². The van der Waals surface area contributed by atoms with Crippen LogP contribution in [-0.4, -0.2) is 6.54 Å². The van der Waals surface area contributed by atoms with Gasteiger partial charge in [0.2, 0.25) is 0 Å². The third-order valence-corrected chi connectivity index (χ3v) is 3.98. The van der Waals surface area contributed by atoms with Crippen LogP contribution in [0.25, 0.3) is 0 Å². The monoisotopic (exact) mass is 269 g/mol. The predicted octanol–water partition coefficient (Wildman–Crippen LogP) is 3.83. The second-order valence-corrected chi connectivity index (χ2v) is 5.30. The number of halogens is 2. The molecule has 0 aliphatic rings. The minimum Gasteiger partial charge on any atom is -0.330 e. The third kappa shape index (κ3) is 3.06. The normalized spacial score (nSPS) is 12.6. The van der Waals surface area contributed by atoms with Gasteiger partial charge in [-0.3, -0.25) is 0 Å². The van der Waals surface area contributed by atoms with Crippen molar-refractivity contribution in [3.8, 4) is 0 Å². The van der Waals surface area contributed by atoms with Crippen molar-refractivity contribution in [3.05, 3.63) is 57.0 Å². The lowest BCUT2D eigenvalue weighted by molar-refractivity contribution is 0.592. The van der Waals surface area contributed by atoms with Crippen LogP contribution in [0.4, 0.5) is 4.39 Å². The van der Waals surface area contributed by atoms with Gasteiger partial charge in [0.05, 0.1) is 0 Å². The molecule has 1 aromatic carbocycles. The molecule has 2 rings (SSSR count). The van der Waals surface area contributed by atoms with Crippen LogP contribution in [-0.2, 0) is 6.42 Å². The zero-order valence-electron chi connectivity index (χ0n) is 9.20. The molecule has 1 unspecified atom stereocenters. The van der Waals surface area contributed by atoms with Crippen molar-refractivity contribution in [2.45, 2.75) is 12.3 Å². The molecule has 0 aliphatic carbocycles. The third-order valence-electron chi connectivity index (χ3n) is 2.71. The minimum absolute atomic E-state index is 0.172. The first-order valence-corrected chi connectivity index (χ1v) is 6.64. The summed E-state index contributed by atoms with van der Waals surface area (Å²) in [6.45, 7) is 0.516. The van der Waals surface area contributed by atoms with E-state index in [9.17, 15) is 4.39 Å². The molecule has 1 aromatic heterocycles. The molecule has 1 heterocycles. The van der Waals surface area contributed by atoms with E-state index in [0.29, 0.717) is 23.6 Å². The smallest absolute Gasteiger partial charge is 0.127 e. The number of hydrogen-bond donors (Lipinski definition) is 1. The average Bonchev–Trinajstić information content (AvgIpc) is 2.81. The highest BCUT2D eigenvalue weighted by Crippen LogP contribution is 2.26. The van der Waals surface area contributed by atoms with Gasteiger partial charge in [-0.15, -0.1) is 11.3 Å². The summed E-state index contributed by atoms with van der Waals surface area (Å²) in [4.78, 5) is 1.20. The van der Waals surface area contributed by atoms with Gasteiger partial charge < -0.3 is 5.73 Å². The molecule has 2 N–H and O–H groups in total. The Morgan fingerprint density at radius 1 is 1.35 bits per heavy atom. The van der Waals surface area contributed by atoms with Gasteiger partial charge in [0.25, 0.3) is 0 Å². The summed E-state index contributed by atoms with van der Waals surface area (Å²) in [5.41, 5.74) is 6.41. The second-order valence-electron chi connectivity index (χ2n) is 3.89. The number of rotatable bonds is 4. The zero-order valence-corrected chi connectivity index (χ0v) is 10.8. The second kappa shape index (κ2) is 5.63. The van der Waals surface area contributed by atoms with Gasteiger partial charge in [-0.25, -0.2) is 4.39 Å². The zero-order chi connectivity index (χ0) is 12.3. The van der Waals surface area contributed by atoms with E-state index in [4.69, 9.17) is 17.3 Å². The summed E-state index contributed by atoms with van der Waals surface area (Å²) in [7, 11) is 0. The fourth-order valence-corrected chi connectivity index (χ4v) is 2.78. The Bertz CT molecular complexity index is 484. The Morgan fingerprint density at radius 2 is 2.18 bits per heavy atom. The molecule has 0 saturated heterocycles. The van der Waals surface area contributed by atoms with Crippen molar-refractivity contribution >= 4 is 22.9 Å². The van der Waals surface area contributed by atoms with E-state index >= 15 is 0 Å². The molecule has 0 saturated carbocycles. The molecule has 0 fully saturated rings. The van der Waals surface area contributed by atoms with Crippen LogP contribution in [0.1, 0.15) is 16.4 Å². The van der Waals surface area contributed by atoms with Crippen LogP contribution in [0.5, 0.6) is 0 Å². The lowest BCUT2D eigenvalue weighted by Crippen LogP contribution is -2.14. The van der Waals surface area contributed by atoms with E-state index < -0.39 is 0 Å². The lowest BCUT2D eigenvalue weighted by Gasteiger charge is -2.13. The van der Waals surface area contributed by atoms with Crippen LogP contribution in [0.3, 0.4) is 0 Å². The molecule has 17 heavy (non-hydrogen) atoms. The molecule has 0 radical (unpaired) electrons. The van der Waals surface area contributed by atoms with Gasteiger partial charge in [0.15, 0.2) is 0 Å². The molecule has 0 spiro atoms. The fourth-order valence-electron chi connectivity index (χ4n) is 1.78. The average molecular weight is 270 g/mol. The molecule has 1 atom stereocenters. The maximum absolute atomic E-state index is 13.7. The first-order chi connectivity index (χ1) is 8.20. The van der Waals surface area contributed by atoms with Gasteiger partial charge in [-0.05, 0) is 35.6 Å². The molecule has 1 nitrogen and oxygen atoms in total. The molecule has 0 amide bonds. The number of hydrogen-bond acceptors (Lipinski definition) is 2. The van der Waals surface area contributed by atoms with Crippen LogP contribution in [0.15, 0.2) is 35.7 Å². The molecular weight excluding hydrogens is 257 g/mol. The van der Waals surface area contributed by atoms with Crippen molar-refractivity contribution in [2.75, 3.05) is 6.54 Å². The Kier molecular flexibility index (Phi) is 4.15. The standard InChI is InChI=1S/C13H13ClFNS/c14-11-4-3-9(12(15)7-11)6-10(8-16)13-2-1-5-17-13/h1-5,7,10H,6,8,16H2. The molecular formula is C13H13ClFNS. The van der Waals surface area contributed by atoms with Crippen molar-refractivity contribution in [1.82, 2.24) is 0 Å². The van der Waals surface area contributed by atoms with Crippen molar-refractivity contribution < 1.29 is 4.39 Å². The lowest BCUT2D eigenvalue weighted by atomic mass is 9.97. The van der Waals surface area contributed by atoms with Crippen LogP contribution in [0, 0.1) is 5.82 Å². The first-order valence-electron chi connectivity index (χ1n) is 5.38. The summed E-state index contributed by atoms with van der Waals surface area (Å²) < 4.78 is 13.7. The molecule has 0 bridgehead atoms. The summed E-state index contributed by atoms with van der Waals surface area (Å²) in [5.74, 6) is -0.0850. The van der Waals surface area contributed by atoms with Crippen molar-refractivity contribution in [3.63, 3.8) is 0 Å². The van der Waals surface area contributed by atoms with E-state index in [2.05, 4.69) is 0 Å². The van der Waals surface area contributed by atoms with E-state index in [1.165, 1.54) is 10.9 Å². The maximum atomic E-state index is 13.7. The van der Waals surface area contributed by atoms with Crippen LogP contribution < -0.4 is 5.73 Å². The number of benzene rings is 1. The molecule has 90 valence electrons. The van der Waals surface area contributed by atoms with E-state index in [0.717, 1.165) is 0 Å². The molecule has 2 aromatic rings. The Balaban J connectivity index is 2.19. The fraction of sp³-hybridized carbons (Fsp3) is 0.231. The minimum atomic E-state index is -0.257.